The lowest BCUT2D eigenvalue weighted by atomic mass is 10.2. The Morgan fingerprint density at radius 1 is 1.18 bits per heavy atom. The molecule has 0 unspecified atom stereocenters. The molecule has 0 radical (unpaired) electrons. The summed E-state index contributed by atoms with van der Waals surface area (Å²) in [5.41, 5.74) is -0.0122. The number of furan rings is 1. The smallest absolute Gasteiger partial charge is 0.336 e. The van der Waals surface area contributed by atoms with Crippen molar-refractivity contribution in [3.63, 3.8) is 0 Å². The van der Waals surface area contributed by atoms with Gasteiger partial charge in [-0.25, -0.2) is 4.79 Å². The SMILES string of the molecule is O=C(COc1ccc2ccc(=O)oc2c1)NCc1ccco1. The second-order valence-electron chi connectivity index (χ2n) is 4.60. The van der Waals surface area contributed by atoms with Gasteiger partial charge >= 0.3 is 5.63 Å². The summed E-state index contributed by atoms with van der Waals surface area (Å²) in [6.07, 6.45) is 1.54. The molecule has 0 saturated heterocycles. The highest BCUT2D eigenvalue weighted by atomic mass is 16.5. The van der Waals surface area contributed by atoms with E-state index in [-0.39, 0.29) is 12.5 Å². The summed E-state index contributed by atoms with van der Waals surface area (Å²) in [7, 11) is 0. The first-order valence-corrected chi connectivity index (χ1v) is 6.66. The van der Waals surface area contributed by atoms with E-state index >= 15 is 0 Å². The zero-order valence-corrected chi connectivity index (χ0v) is 11.6. The van der Waals surface area contributed by atoms with Crippen LogP contribution in [0.2, 0.25) is 0 Å². The highest BCUT2D eigenvalue weighted by molar-refractivity contribution is 5.79. The van der Waals surface area contributed by atoms with Gasteiger partial charge in [-0.3, -0.25) is 4.79 Å². The van der Waals surface area contributed by atoms with Gasteiger partial charge in [-0.15, -0.1) is 0 Å². The van der Waals surface area contributed by atoms with E-state index in [4.69, 9.17) is 13.6 Å². The van der Waals surface area contributed by atoms with Gasteiger partial charge in [0.25, 0.3) is 5.91 Å². The van der Waals surface area contributed by atoms with E-state index in [2.05, 4.69) is 5.32 Å². The van der Waals surface area contributed by atoms with Crippen LogP contribution in [-0.4, -0.2) is 12.5 Å². The number of hydrogen-bond acceptors (Lipinski definition) is 5. The van der Waals surface area contributed by atoms with Gasteiger partial charge in [0, 0.05) is 17.5 Å². The van der Waals surface area contributed by atoms with Crippen molar-refractivity contribution in [2.75, 3.05) is 6.61 Å². The number of fused-ring (bicyclic) bond motifs is 1. The van der Waals surface area contributed by atoms with Gasteiger partial charge in [-0.1, -0.05) is 0 Å². The largest absolute Gasteiger partial charge is 0.484 e. The summed E-state index contributed by atoms with van der Waals surface area (Å²) in [5, 5.41) is 3.46. The van der Waals surface area contributed by atoms with Crippen molar-refractivity contribution in [1.82, 2.24) is 5.32 Å². The fraction of sp³-hybridized carbons (Fsp3) is 0.125. The molecule has 0 aliphatic heterocycles. The molecule has 1 aromatic carbocycles. The van der Waals surface area contributed by atoms with Gasteiger partial charge in [0.05, 0.1) is 12.8 Å². The van der Waals surface area contributed by atoms with E-state index in [9.17, 15) is 9.59 Å². The Bertz CT molecular complexity index is 835. The Kier molecular flexibility index (Phi) is 3.91. The maximum atomic E-state index is 11.7. The number of ether oxygens (including phenoxy) is 1. The molecule has 0 fully saturated rings. The van der Waals surface area contributed by atoms with E-state index in [0.29, 0.717) is 23.6 Å². The third-order valence-corrected chi connectivity index (χ3v) is 3.00. The molecule has 1 amide bonds. The number of amides is 1. The van der Waals surface area contributed by atoms with Crippen LogP contribution in [0.15, 0.2) is 62.4 Å². The molecule has 6 nitrogen and oxygen atoms in total. The van der Waals surface area contributed by atoms with Crippen molar-refractivity contribution in [2.24, 2.45) is 0 Å². The van der Waals surface area contributed by atoms with E-state index in [1.807, 2.05) is 0 Å². The summed E-state index contributed by atoms with van der Waals surface area (Å²) < 4.78 is 15.5. The molecule has 3 aromatic rings. The van der Waals surface area contributed by atoms with Crippen LogP contribution >= 0.6 is 0 Å². The minimum absolute atomic E-state index is 0.136. The van der Waals surface area contributed by atoms with Crippen LogP contribution in [-0.2, 0) is 11.3 Å². The van der Waals surface area contributed by atoms with E-state index in [0.717, 1.165) is 5.39 Å². The predicted octanol–water partition coefficient (Wildman–Crippen LogP) is 2.08. The lowest BCUT2D eigenvalue weighted by Crippen LogP contribution is -2.28. The standard InChI is InChI=1S/C16H13NO5/c18-15(17-9-13-2-1-7-20-13)10-21-12-5-3-11-4-6-16(19)22-14(11)8-12/h1-8H,9-10H2,(H,17,18). The molecule has 0 spiro atoms. The molecule has 22 heavy (non-hydrogen) atoms. The first-order valence-electron chi connectivity index (χ1n) is 6.66. The first-order chi connectivity index (χ1) is 10.7. The first kappa shape index (κ1) is 13.9. The number of benzene rings is 1. The Morgan fingerprint density at radius 3 is 2.86 bits per heavy atom. The summed E-state index contributed by atoms with van der Waals surface area (Å²) in [5.74, 6) is 0.849. The zero-order valence-electron chi connectivity index (χ0n) is 11.6. The number of carbonyl (C=O) groups is 1. The van der Waals surface area contributed by atoms with Gasteiger partial charge in [0.15, 0.2) is 6.61 Å². The number of nitrogens with one attached hydrogen (secondary N) is 1. The Labute approximate surface area is 125 Å². The molecule has 0 bridgehead atoms. The van der Waals surface area contributed by atoms with Gasteiger partial charge in [0.1, 0.15) is 17.1 Å². The highest BCUT2D eigenvalue weighted by Crippen LogP contribution is 2.19. The van der Waals surface area contributed by atoms with Gasteiger partial charge < -0.3 is 18.9 Å². The van der Waals surface area contributed by atoms with Gasteiger partial charge in [-0.05, 0) is 30.3 Å². The molecule has 0 aliphatic carbocycles. The highest BCUT2D eigenvalue weighted by Gasteiger charge is 2.05. The number of carbonyl (C=O) groups excluding carboxylic acids is 1. The van der Waals surface area contributed by atoms with E-state index < -0.39 is 5.63 Å². The third-order valence-electron chi connectivity index (χ3n) is 3.00. The van der Waals surface area contributed by atoms with Crippen molar-refractivity contribution in [2.45, 2.75) is 6.54 Å². The average molecular weight is 299 g/mol. The summed E-state index contributed by atoms with van der Waals surface area (Å²) in [6, 6.07) is 11.6. The minimum Gasteiger partial charge on any atom is -0.484 e. The molecule has 112 valence electrons. The molecular weight excluding hydrogens is 286 g/mol. The topological polar surface area (TPSA) is 81.7 Å². The molecule has 6 heteroatoms. The van der Waals surface area contributed by atoms with Gasteiger partial charge in [0.2, 0.25) is 0 Å². The second kappa shape index (κ2) is 6.17. The quantitative estimate of drug-likeness (QED) is 0.729. The molecular formula is C16H13NO5. The van der Waals surface area contributed by atoms with Crippen molar-refractivity contribution in [3.05, 3.63) is 64.9 Å². The lowest BCUT2D eigenvalue weighted by Gasteiger charge is -2.07. The van der Waals surface area contributed by atoms with Crippen LogP contribution in [0, 0.1) is 0 Å². The van der Waals surface area contributed by atoms with Crippen LogP contribution in [0.1, 0.15) is 5.76 Å². The normalized spacial score (nSPS) is 10.5. The average Bonchev–Trinajstić information content (AvgIpc) is 3.04. The Morgan fingerprint density at radius 2 is 2.05 bits per heavy atom. The van der Waals surface area contributed by atoms with Gasteiger partial charge in [-0.2, -0.15) is 0 Å². The monoisotopic (exact) mass is 299 g/mol. The molecule has 0 saturated carbocycles. The second-order valence-corrected chi connectivity index (χ2v) is 4.60. The zero-order chi connectivity index (χ0) is 15.4. The summed E-state index contributed by atoms with van der Waals surface area (Å²) >= 11 is 0. The van der Waals surface area contributed by atoms with Crippen molar-refractivity contribution in [1.29, 1.82) is 0 Å². The third kappa shape index (κ3) is 3.35. The lowest BCUT2D eigenvalue weighted by molar-refractivity contribution is -0.123. The number of hydrogen-bond donors (Lipinski definition) is 1. The minimum atomic E-state index is -0.430. The van der Waals surface area contributed by atoms with Crippen molar-refractivity contribution < 1.29 is 18.4 Å². The number of rotatable bonds is 5. The predicted molar refractivity (Wildman–Crippen MR) is 78.5 cm³/mol. The fourth-order valence-electron chi connectivity index (χ4n) is 1.93. The maximum Gasteiger partial charge on any atom is 0.336 e. The molecule has 1 N–H and O–H groups in total. The molecule has 3 rings (SSSR count). The van der Waals surface area contributed by atoms with Crippen LogP contribution in [0.3, 0.4) is 0 Å². The molecule has 2 heterocycles. The van der Waals surface area contributed by atoms with E-state index in [1.165, 1.54) is 6.07 Å². The van der Waals surface area contributed by atoms with E-state index in [1.54, 1.807) is 42.7 Å². The molecule has 0 atom stereocenters. The van der Waals surface area contributed by atoms with Crippen LogP contribution < -0.4 is 15.7 Å². The fourth-order valence-corrected chi connectivity index (χ4v) is 1.93. The summed E-state index contributed by atoms with van der Waals surface area (Å²) in [4.78, 5) is 22.9. The van der Waals surface area contributed by atoms with Crippen LogP contribution in [0.5, 0.6) is 5.75 Å². The summed E-state index contributed by atoms with van der Waals surface area (Å²) in [6.45, 7) is 0.172. The molecule has 2 aromatic heterocycles. The van der Waals surface area contributed by atoms with Crippen LogP contribution in [0.25, 0.3) is 11.0 Å². The van der Waals surface area contributed by atoms with Crippen molar-refractivity contribution in [3.8, 4) is 5.75 Å². The Hall–Kier alpha value is -3.02. The Balaban J connectivity index is 1.58. The maximum absolute atomic E-state index is 11.7. The van der Waals surface area contributed by atoms with Crippen molar-refractivity contribution >= 4 is 16.9 Å². The molecule has 0 aliphatic rings. The van der Waals surface area contributed by atoms with Crippen LogP contribution in [0.4, 0.5) is 0 Å².